The standard InChI is InChI=1S/C34H35F5O/c1-2-3-4-5-6-21-40-29-17-10-24(11-18-29)7-8-25-12-19-30-28(22-25)16-15-27(33(30)36)14-9-26-13-20-31(32(35)23-26)34(37,38)39/h10-13,15-20,22-23H,2-9,14,21H2,1H3. The van der Waals surface area contributed by atoms with E-state index in [1.165, 1.54) is 37.3 Å². The van der Waals surface area contributed by atoms with Crippen LogP contribution in [0.5, 0.6) is 5.75 Å². The fourth-order valence-electron chi connectivity index (χ4n) is 4.89. The Morgan fingerprint density at radius 2 is 1.30 bits per heavy atom. The van der Waals surface area contributed by atoms with E-state index in [2.05, 4.69) is 19.1 Å². The fourth-order valence-corrected chi connectivity index (χ4v) is 4.89. The highest BCUT2D eigenvalue weighted by Gasteiger charge is 2.33. The number of hydrogen-bond donors (Lipinski definition) is 0. The van der Waals surface area contributed by atoms with Crippen molar-refractivity contribution in [2.75, 3.05) is 6.61 Å². The van der Waals surface area contributed by atoms with Crippen LogP contribution in [0.25, 0.3) is 10.8 Å². The first-order valence-corrected chi connectivity index (χ1v) is 14.0. The minimum absolute atomic E-state index is 0.234. The van der Waals surface area contributed by atoms with Crippen molar-refractivity contribution in [3.8, 4) is 5.75 Å². The Hall–Kier alpha value is -3.41. The third-order valence-corrected chi connectivity index (χ3v) is 7.26. The lowest BCUT2D eigenvalue weighted by molar-refractivity contribution is -0.140. The molecule has 0 radical (unpaired) electrons. The molecule has 0 bridgehead atoms. The second-order valence-corrected chi connectivity index (χ2v) is 10.3. The highest BCUT2D eigenvalue weighted by atomic mass is 19.4. The maximum Gasteiger partial charge on any atom is 0.419 e. The number of fused-ring (bicyclic) bond motifs is 1. The third-order valence-electron chi connectivity index (χ3n) is 7.26. The molecule has 0 aromatic heterocycles. The van der Waals surface area contributed by atoms with E-state index in [0.29, 0.717) is 16.5 Å². The summed E-state index contributed by atoms with van der Waals surface area (Å²) in [6.45, 7) is 2.95. The minimum Gasteiger partial charge on any atom is -0.494 e. The van der Waals surface area contributed by atoms with E-state index in [1.807, 2.05) is 30.3 Å². The SMILES string of the molecule is CCCCCCCOc1ccc(CCc2ccc3c(F)c(CCc4ccc(C(F)(F)F)c(F)c4)ccc3c2)cc1. The van der Waals surface area contributed by atoms with E-state index in [4.69, 9.17) is 4.74 Å². The average molecular weight is 555 g/mol. The van der Waals surface area contributed by atoms with Crippen molar-refractivity contribution in [3.05, 3.63) is 112 Å². The number of benzene rings is 4. The number of rotatable bonds is 13. The Morgan fingerprint density at radius 1 is 0.650 bits per heavy atom. The van der Waals surface area contributed by atoms with Crippen molar-refractivity contribution < 1.29 is 26.7 Å². The summed E-state index contributed by atoms with van der Waals surface area (Å²) in [6, 6.07) is 20.3. The van der Waals surface area contributed by atoms with Crippen molar-refractivity contribution in [3.63, 3.8) is 0 Å². The smallest absolute Gasteiger partial charge is 0.419 e. The average Bonchev–Trinajstić information content (AvgIpc) is 2.93. The second kappa shape index (κ2) is 13.8. The number of aryl methyl sites for hydroxylation is 4. The number of alkyl halides is 3. The molecule has 212 valence electrons. The molecule has 0 spiro atoms. The molecule has 1 nitrogen and oxygen atoms in total. The molecule has 4 rings (SSSR count). The molecule has 6 heteroatoms. The van der Waals surface area contributed by atoms with Gasteiger partial charge in [-0.15, -0.1) is 0 Å². The number of hydrogen-bond acceptors (Lipinski definition) is 1. The van der Waals surface area contributed by atoms with Crippen molar-refractivity contribution in [1.82, 2.24) is 0 Å². The van der Waals surface area contributed by atoms with Gasteiger partial charge < -0.3 is 4.74 Å². The summed E-state index contributed by atoms with van der Waals surface area (Å²) in [5, 5.41) is 1.29. The topological polar surface area (TPSA) is 9.23 Å². The van der Waals surface area contributed by atoms with Gasteiger partial charge in [-0.2, -0.15) is 13.2 Å². The molecule has 0 heterocycles. The molecular formula is C34H35F5O. The predicted octanol–water partition coefficient (Wildman–Crippen LogP) is 10.1. The van der Waals surface area contributed by atoms with E-state index in [-0.39, 0.29) is 18.7 Å². The monoisotopic (exact) mass is 554 g/mol. The summed E-state index contributed by atoms with van der Waals surface area (Å²) in [5.41, 5.74) is 1.86. The van der Waals surface area contributed by atoms with Crippen LogP contribution in [0.1, 0.15) is 66.8 Å². The van der Waals surface area contributed by atoms with Crippen LogP contribution in [-0.2, 0) is 31.9 Å². The van der Waals surface area contributed by atoms with Crippen LogP contribution < -0.4 is 4.74 Å². The molecule has 0 amide bonds. The summed E-state index contributed by atoms with van der Waals surface area (Å²) in [7, 11) is 0. The molecule has 0 saturated carbocycles. The van der Waals surface area contributed by atoms with Crippen molar-refractivity contribution in [1.29, 1.82) is 0 Å². The van der Waals surface area contributed by atoms with Crippen LogP contribution in [-0.4, -0.2) is 6.61 Å². The zero-order valence-corrected chi connectivity index (χ0v) is 22.8. The summed E-state index contributed by atoms with van der Waals surface area (Å²) in [5.74, 6) is -0.772. The van der Waals surface area contributed by atoms with Crippen LogP contribution in [0.15, 0.2) is 72.8 Å². The van der Waals surface area contributed by atoms with E-state index in [0.717, 1.165) is 54.7 Å². The summed E-state index contributed by atoms with van der Waals surface area (Å²) in [6.07, 6.45) is 3.47. The highest BCUT2D eigenvalue weighted by Crippen LogP contribution is 2.32. The minimum atomic E-state index is -4.74. The van der Waals surface area contributed by atoms with Crippen LogP contribution >= 0.6 is 0 Å². The van der Waals surface area contributed by atoms with E-state index in [9.17, 15) is 17.6 Å². The van der Waals surface area contributed by atoms with Crippen LogP contribution in [0.3, 0.4) is 0 Å². The van der Waals surface area contributed by atoms with Crippen molar-refractivity contribution >= 4 is 10.8 Å². The zero-order chi connectivity index (χ0) is 28.5. The first-order chi connectivity index (χ1) is 19.2. The molecule has 0 saturated heterocycles. The van der Waals surface area contributed by atoms with Gasteiger partial charge in [0.15, 0.2) is 0 Å². The van der Waals surface area contributed by atoms with Gasteiger partial charge in [-0.1, -0.05) is 81.1 Å². The van der Waals surface area contributed by atoms with Crippen molar-refractivity contribution in [2.45, 2.75) is 70.9 Å². The maximum atomic E-state index is 15.2. The molecule has 0 unspecified atom stereocenters. The Labute approximate surface area is 233 Å². The summed E-state index contributed by atoms with van der Waals surface area (Å²) >= 11 is 0. The Morgan fingerprint density at radius 3 is 2.02 bits per heavy atom. The molecule has 0 atom stereocenters. The molecule has 40 heavy (non-hydrogen) atoms. The number of ether oxygens (including phenoxy) is 1. The van der Waals surface area contributed by atoms with Gasteiger partial charge in [0.1, 0.15) is 17.4 Å². The first-order valence-electron chi connectivity index (χ1n) is 14.0. The predicted molar refractivity (Wildman–Crippen MR) is 151 cm³/mol. The lowest BCUT2D eigenvalue weighted by atomic mass is 9.97. The molecule has 4 aromatic carbocycles. The second-order valence-electron chi connectivity index (χ2n) is 10.3. The maximum absolute atomic E-state index is 15.2. The van der Waals surface area contributed by atoms with E-state index < -0.39 is 17.6 Å². The van der Waals surface area contributed by atoms with E-state index >= 15 is 4.39 Å². The number of unbranched alkanes of at least 4 members (excludes halogenated alkanes) is 4. The number of halogens is 5. The van der Waals surface area contributed by atoms with Gasteiger partial charge in [-0.25, -0.2) is 8.78 Å². The molecule has 0 N–H and O–H groups in total. The van der Waals surface area contributed by atoms with Crippen LogP contribution in [0.2, 0.25) is 0 Å². The van der Waals surface area contributed by atoms with Gasteiger partial charge in [-0.3, -0.25) is 0 Å². The van der Waals surface area contributed by atoms with Gasteiger partial charge in [0.25, 0.3) is 0 Å². The van der Waals surface area contributed by atoms with Crippen LogP contribution in [0.4, 0.5) is 22.0 Å². The lowest BCUT2D eigenvalue weighted by Crippen LogP contribution is -2.08. The molecule has 0 fully saturated rings. The highest BCUT2D eigenvalue weighted by molar-refractivity contribution is 5.84. The molecule has 0 aliphatic rings. The van der Waals surface area contributed by atoms with Gasteiger partial charge in [0, 0.05) is 5.39 Å². The van der Waals surface area contributed by atoms with Gasteiger partial charge >= 0.3 is 6.18 Å². The van der Waals surface area contributed by atoms with Gasteiger partial charge in [-0.05, 0) is 84.0 Å². The summed E-state index contributed by atoms with van der Waals surface area (Å²) in [4.78, 5) is 0. The fraction of sp³-hybridized carbons (Fsp3) is 0.353. The molecule has 0 aliphatic carbocycles. The lowest BCUT2D eigenvalue weighted by Gasteiger charge is -2.11. The van der Waals surface area contributed by atoms with Crippen LogP contribution in [0, 0.1) is 11.6 Å². The van der Waals surface area contributed by atoms with Gasteiger partial charge in [0.05, 0.1) is 12.2 Å². The Kier molecular flexibility index (Phi) is 10.2. The Bertz CT molecular complexity index is 1390. The van der Waals surface area contributed by atoms with E-state index in [1.54, 1.807) is 12.1 Å². The summed E-state index contributed by atoms with van der Waals surface area (Å²) < 4.78 is 73.3. The first kappa shape index (κ1) is 29.6. The zero-order valence-electron chi connectivity index (χ0n) is 22.8. The quantitative estimate of drug-likeness (QED) is 0.118. The Balaban J connectivity index is 1.31. The molecule has 0 aliphatic heterocycles. The normalized spacial score (nSPS) is 11.8. The molecular weight excluding hydrogens is 519 g/mol. The molecule has 4 aromatic rings. The van der Waals surface area contributed by atoms with Crippen molar-refractivity contribution in [2.24, 2.45) is 0 Å². The van der Waals surface area contributed by atoms with Gasteiger partial charge in [0.2, 0.25) is 0 Å². The largest absolute Gasteiger partial charge is 0.494 e. The third kappa shape index (κ3) is 8.06.